The van der Waals surface area contributed by atoms with E-state index in [1.165, 1.54) is 12.1 Å². The van der Waals surface area contributed by atoms with Gasteiger partial charge in [0.25, 0.3) is 10.0 Å². The third-order valence-electron chi connectivity index (χ3n) is 3.15. The van der Waals surface area contributed by atoms with Crippen molar-refractivity contribution >= 4 is 26.7 Å². The molecule has 0 unspecified atom stereocenters. The minimum Gasteiger partial charge on any atom is -0.492 e. The molecule has 0 atom stereocenters. The number of ether oxygens (including phenoxy) is 1. The highest BCUT2D eigenvalue weighted by Gasteiger charge is 2.21. The topological polar surface area (TPSA) is 94.3 Å². The van der Waals surface area contributed by atoms with Gasteiger partial charge in [-0.3, -0.25) is 9.71 Å². The van der Waals surface area contributed by atoms with E-state index in [2.05, 4.69) is 14.9 Å². The van der Waals surface area contributed by atoms with E-state index in [0.717, 1.165) is 0 Å². The van der Waals surface area contributed by atoms with Crippen LogP contribution in [0.1, 0.15) is 12.7 Å². The maximum Gasteiger partial charge on any atom is 0.263 e. The molecule has 3 aromatic rings. The molecule has 3 rings (SSSR count). The van der Waals surface area contributed by atoms with E-state index in [9.17, 15) is 8.42 Å². The lowest BCUT2D eigenvalue weighted by atomic mass is 10.2. The number of aromatic nitrogens is 2. The van der Waals surface area contributed by atoms with Gasteiger partial charge < -0.3 is 9.26 Å². The van der Waals surface area contributed by atoms with Crippen molar-refractivity contribution < 1.29 is 17.7 Å². The molecule has 0 fully saturated rings. The summed E-state index contributed by atoms with van der Waals surface area (Å²) in [5, 5.41) is 4.13. The van der Waals surface area contributed by atoms with E-state index >= 15 is 0 Å². The van der Waals surface area contributed by atoms with E-state index in [1.807, 2.05) is 6.92 Å². The molecule has 23 heavy (non-hydrogen) atoms. The first-order valence-corrected chi connectivity index (χ1v) is 8.46. The van der Waals surface area contributed by atoms with Gasteiger partial charge in [-0.2, -0.15) is 0 Å². The second-order valence-electron chi connectivity index (χ2n) is 4.82. The van der Waals surface area contributed by atoms with E-state index in [4.69, 9.17) is 9.26 Å². The fourth-order valence-electron chi connectivity index (χ4n) is 2.23. The fourth-order valence-corrected chi connectivity index (χ4v) is 3.42. The molecule has 0 saturated carbocycles. The first kappa shape index (κ1) is 15.3. The van der Waals surface area contributed by atoms with Crippen molar-refractivity contribution in [1.82, 2.24) is 10.1 Å². The number of hydrogen-bond donors (Lipinski definition) is 1. The maximum absolute atomic E-state index is 12.6. The van der Waals surface area contributed by atoms with Crippen LogP contribution in [0.2, 0.25) is 0 Å². The van der Waals surface area contributed by atoms with E-state index in [1.54, 1.807) is 31.3 Å². The first-order valence-electron chi connectivity index (χ1n) is 6.98. The van der Waals surface area contributed by atoms with E-state index < -0.39 is 10.0 Å². The summed E-state index contributed by atoms with van der Waals surface area (Å²) in [6.07, 6.45) is 1.59. The molecule has 8 heteroatoms. The average Bonchev–Trinajstić information content (AvgIpc) is 2.92. The van der Waals surface area contributed by atoms with Gasteiger partial charge in [0.1, 0.15) is 17.0 Å². The van der Waals surface area contributed by atoms with Crippen LogP contribution in [-0.4, -0.2) is 25.2 Å². The van der Waals surface area contributed by atoms with Gasteiger partial charge >= 0.3 is 0 Å². The van der Waals surface area contributed by atoms with Crippen molar-refractivity contribution in [2.75, 3.05) is 11.3 Å². The Morgan fingerprint density at radius 1 is 1.30 bits per heavy atom. The molecule has 120 valence electrons. The predicted molar refractivity (Wildman–Crippen MR) is 85.0 cm³/mol. The Morgan fingerprint density at radius 3 is 2.83 bits per heavy atom. The number of rotatable bonds is 5. The fraction of sp³-hybridized carbons (Fsp3) is 0.200. The minimum atomic E-state index is -3.83. The lowest BCUT2D eigenvalue weighted by Gasteiger charge is -2.11. The molecule has 1 aromatic carbocycles. The van der Waals surface area contributed by atoms with Crippen molar-refractivity contribution in [2.45, 2.75) is 18.7 Å². The first-order chi connectivity index (χ1) is 11.0. The Labute approximate surface area is 133 Å². The predicted octanol–water partition coefficient (Wildman–Crippen LogP) is 2.73. The Bertz CT molecular complexity index is 950. The molecule has 0 aliphatic heterocycles. The number of hydrogen-bond acceptors (Lipinski definition) is 6. The zero-order valence-corrected chi connectivity index (χ0v) is 13.4. The van der Waals surface area contributed by atoms with Gasteiger partial charge in [-0.05, 0) is 38.1 Å². The number of nitrogens with zero attached hydrogens (tertiary/aromatic N) is 2. The van der Waals surface area contributed by atoms with Gasteiger partial charge in [0.05, 0.1) is 11.5 Å². The summed E-state index contributed by atoms with van der Waals surface area (Å²) in [7, 11) is -3.83. The van der Waals surface area contributed by atoms with Crippen molar-refractivity contribution in [3.8, 4) is 5.75 Å². The highest BCUT2D eigenvalue weighted by molar-refractivity contribution is 7.93. The van der Waals surface area contributed by atoms with Gasteiger partial charge in [0.2, 0.25) is 0 Å². The van der Waals surface area contributed by atoms with Gasteiger partial charge in [-0.15, -0.1) is 0 Å². The van der Waals surface area contributed by atoms with Gasteiger partial charge in [0, 0.05) is 17.6 Å². The van der Waals surface area contributed by atoms with Crippen molar-refractivity contribution in [3.63, 3.8) is 0 Å². The maximum atomic E-state index is 12.6. The number of nitrogens with one attached hydrogen (secondary N) is 1. The molecule has 0 spiro atoms. The third kappa shape index (κ3) is 2.98. The Morgan fingerprint density at radius 2 is 2.13 bits per heavy atom. The average molecular weight is 333 g/mol. The summed E-state index contributed by atoms with van der Waals surface area (Å²) in [6.45, 7) is 4.00. The van der Waals surface area contributed by atoms with Crippen LogP contribution >= 0.6 is 0 Å². The van der Waals surface area contributed by atoms with E-state index in [-0.39, 0.29) is 10.7 Å². The van der Waals surface area contributed by atoms with Crippen molar-refractivity contribution in [3.05, 3.63) is 42.3 Å². The Hall–Kier alpha value is -2.61. The molecule has 7 nitrogen and oxygen atoms in total. The van der Waals surface area contributed by atoms with Crippen LogP contribution in [0.3, 0.4) is 0 Å². The second-order valence-corrected chi connectivity index (χ2v) is 6.47. The summed E-state index contributed by atoms with van der Waals surface area (Å²) in [6, 6.07) is 7.96. The summed E-state index contributed by atoms with van der Waals surface area (Å²) >= 11 is 0. The number of fused-ring (bicyclic) bond motifs is 1. The SMILES string of the molecule is CCOc1ccc(S(=O)(=O)Nc2cc(C)on2)c2cccnc12. The van der Waals surface area contributed by atoms with Crippen LogP contribution in [0.5, 0.6) is 5.75 Å². The molecule has 2 aromatic heterocycles. The number of pyridine rings is 1. The number of benzene rings is 1. The highest BCUT2D eigenvalue weighted by atomic mass is 32.2. The molecule has 0 aliphatic rings. The van der Waals surface area contributed by atoms with Gasteiger partial charge in [0.15, 0.2) is 5.82 Å². The van der Waals surface area contributed by atoms with Gasteiger partial charge in [-0.1, -0.05) is 5.16 Å². The molecule has 0 amide bonds. The smallest absolute Gasteiger partial charge is 0.263 e. The number of sulfonamides is 1. The van der Waals surface area contributed by atoms with Crippen LogP contribution in [0, 0.1) is 6.92 Å². The summed E-state index contributed by atoms with van der Waals surface area (Å²) < 4.78 is 38.0. The van der Waals surface area contributed by atoms with Crippen LogP contribution in [0.15, 0.2) is 45.9 Å². The monoisotopic (exact) mass is 333 g/mol. The zero-order valence-electron chi connectivity index (χ0n) is 12.6. The molecule has 0 bridgehead atoms. The third-order valence-corrected chi connectivity index (χ3v) is 4.56. The Kier molecular flexibility index (Phi) is 3.91. The van der Waals surface area contributed by atoms with Crippen molar-refractivity contribution in [1.29, 1.82) is 0 Å². The van der Waals surface area contributed by atoms with Crippen LogP contribution in [0.25, 0.3) is 10.9 Å². The largest absolute Gasteiger partial charge is 0.492 e. The molecule has 1 N–H and O–H groups in total. The van der Waals surface area contributed by atoms with Crippen LogP contribution in [0.4, 0.5) is 5.82 Å². The lowest BCUT2D eigenvalue weighted by Crippen LogP contribution is -2.14. The Balaban J connectivity index is 2.10. The quantitative estimate of drug-likeness (QED) is 0.771. The molecule has 2 heterocycles. The highest BCUT2D eigenvalue weighted by Crippen LogP contribution is 2.30. The van der Waals surface area contributed by atoms with E-state index in [0.29, 0.717) is 29.0 Å². The van der Waals surface area contributed by atoms with Crippen molar-refractivity contribution in [2.24, 2.45) is 0 Å². The minimum absolute atomic E-state index is 0.102. The summed E-state index contributed by atoms with van der Waals surface area (Å²) in [5.41, 5.74) is 0.494. The number of anilines is 1. The van der Waals surface area contributed by atoms with Crippen LogP contribution in [-0.2, 0) is 10.0 Å². The summed E-state index contributed by atoms with van der Waals surface area (Å²) in [5.74, 6) is 1.19. The molecule has 0 radical (unpaired) electrons. The molecule has 0 aliphatic carbocycles. The normalized spacial score (nSPS) is 11.6. The number of aryl methyl sites for hydroxylation is 1. The molecular formula is C15H15N3O4S. The molecule has 0 saturated heterocycles. The standard InChI is InChI=1S/C15H15N3O4S/c1-3-21-12-6-7-13(11-5-4-8-16-15(11)12)23(19,20)18-14-9-10(2)22-17-14/h4-9H,3H2,1-2H3,(H,17,18). The summed E-state index contributed by atoms with van der Waals surface area (Å²) in [4.78, 5) is 4.34. The molecular weight excluding hydrogens is 318 g/mol. The second kappa shape index (κ2) is 5.88. The van der Waals surface area contributed by atoms with Crippen LogP contribution < -0.4 is 9.46 Å². The van der Waals surface area contributed by atoms with Gasteiger partial charge in [-0.25, -0.2) is 8.42 Å². The zero-order chi connectivity index (χ0) is 16.4. The lowest BCUT2D eigenvalue weighted by molar-refractivity contribution is 0.343.